The summed E-state index contributed by atoms with van der Waals surface area (Å²) in [5.41, 5.74) is 0.865. The van der Waals surface area contributed by atoms with Crippen LogP contribution in [-0.2, 0) is 19.0 Å². The number of ether oxygens (including phenoxy) is 3. The molecule has 4 fully saturated rings. The third-order valence-corrected chi connectivity index (χ3v) is 9.69. The van der Waals surface area contributed by atoms with Crippen molar-refractivity contribution in [3.05, 3.63) is 11.6 Å². The molecule has 0 aromatic carbocycles. The number of aliphatic hydroxyl groups excluding tert-OH is 2. The van der Waals surface area contributed by atoms with Crippen molar-refractivity contribution in [3.8, 4) is 0 Å². The average Bonchev–Trinajstić information content (AvgIpc) is 3.12. The van der Waals surface area contributed by atoms with E-state index in [-0.39, 0.29) is 0 Å². The lowest BCUT2D eigenvalue weighted by atomic mass is 9.74. The van der Waals surface area contributed by atoms with Gasteiger partial charge < -0.3 is 24.4 Å². The lowest BCUT2D eigenvalue weighted by Gasteiger charge is -2.47. The van der Waals surface area contributed by atoms with Gasteiger partial charge in [0.1, 0.15) is 12.2 Å². The number of carbonyl (C=O) groups is 1. The van der Waals surface area contributed by atoms with Gasteiger partial charge in [-0.1, -0.05) is 39.7 Å². The Morgan fingerprint density at radius 3 is 2.45 bits per heavy atom. The van der Waals surface area contributed by atoms with Crippen molar-refractivity contribution in [2.24, 2.45) is 35.0 Å². The van der Waals surface area contributed by atoms with Crippen LogP contribution in [0.2, 0.25) is 0 Å². The van der Waals surface area contributed by atoms with Crippen LogP contribution in [0, 0.1) is 35.0 Å². The molecule has 0 aromatic heterocycles. The molecule has 6 nitrogen and oxygen atoms in total. The van der Waals surface area contributed by atoms with Crippen molar-refractivity contribution in [1.82, 2.24) is 0 Å². The van der Waals surface area contributed by atoms with Crippen LogP contribution in [0.4, 0.5) is 0 Å². The van der Waals surface area contributed by atoms with Crippen molar-refractivity contribution in [3.63, 3.8) is 0 Å². The molecule has 2 N–H and O–H groups in total. The molecule has 1 saturated heterocycles. The molecule has 4 rings (SSSR count). The number of aliphatic hydroxyl groups is 2. The first-order valence-electron chi connectivity index (χ1n) is 13.0. The highest BCUT2D eigenvalue weighted by atomic mass is 16.7. The second-order valence-corrected chi connectivity index (χ2v) is 12.1. The summed E-state index contributed by atoms with van der Waals surface area (Å²) in [6.07, 6.45) is 1.52. The average molecular weight is 465 g/mol. The lowest BCUT2D eigenvalue weighted by Crippen LogP contribution is -2.61. The zero-order valence-corrected chi connectivity index (χ0v) is 21.4. The third-order valence-electron chi connectivity index (χ3n) is 9.69. The highest BCUT2D eigenvalue weighted by Crippen LogP contribution is 2.71. The molecular weight excluding hydrogens is 420 g/mol. The van der Waals surface area contributed by atoms with Gasteiger partial charge in [0.15, 0.2) is 12.4 Å². The number of esters is 1. The van der Waals surface area contributed by atoms with Gasteiger partial charge in [0, 0.05) is 6.08 Å². The van der Waals surface area contributed by atoms with Gasteiger partial charge in [-0.15, -0.1) is 0 Å². The number of hydrogen-bond donors (Lipinski definition) is 2. The number of rotatable bonds is 5. The summed E-state index contributed by atoms with van der Waals surface area (Å²) in [7, 11) is 0. The second-order valence-electron chi connectivity index (χ2n) is 12.1. The minimum absolute atomic E-state index is 0.403. The molecule has 0 unspecified atom stereocenters. The van der Waals surface area contributed by atoms with E-state index in [2.05, 4.69) is 27.7 Å². The van der Waals surface area contributed by atoms with E-state index in [1.165, 1.54) is 12.5 Å². The number of carbonyl (C=O) groups excluding carboxylic acids is 1. The van der Waals surface area contributed by atoms with E-state index in [0.717, 1.165) is 43.1 Å². The molecule has 0 radical (unpaired) electrons. The Morgan fingerprint density at radius 1 is 1.09 bits per heavy atom. The van der Waals surface area contributed by atoms with E-state index < -0.39 is 42.3 Å². The molecule has 0 bridgehead atoms. The van der Waals surface area contributed by atoms with E-state index in [9.17, 15) is 15.0 Å². The van der Waals surface area contributed by atoms with Crippen LogP contribution in [0.25, 0.3) is 0 Å². The van der Waals surface area contributed by atoms with Gasteiger partial charge in [0.25, 0.3) is 0 Å². The van der Waals surface area contributed by atoms with E-state index in [0.29, 0.717) is 23.2 Å². The predicted molar refractivity (Wildman–Crippen MR) is 125 cm³/mol. The fourth-order valence-corrected chi connectivity index (χ4v) is 7.38. The van der Waals surface area contributed by atoms with Crippen LogP contribution < -0.4 is 0 Å². The van der Waals surface area contributed by atoms with E-state index in [1.54, 1.807) is 6.92 Å². The maximum atomic E-state index is 12.5. The Bertz CT molecular complexity index is 777. The van der Waals surface area contributed by atoms with Gasteiger partial charge in [0.05, 0.1) is 11.7 Å². The standard InChI is InChI=1S/C27H44O6/c1-8-14(2)13-19(28)32-24-23(30)22(29)16(4)31-25(24)33-27(7)12-11-18-21(26(18,5)6)20-15(3)9-10-17(20)27/h13,15-18,20-25,29-30H,8-12H2,1-7H3/b14-13+/t15-,16-,17+,18-,20-,21-,22+,23+,24-,25+,27+/m1/s1. The Balaban J connectivity index is 1.57. The van der Waals surface area contributed by atoms with Crippen LogP contribution in [0.1, 0.15) is 80.6 Å². The zero-order chi connectivity index (χ0) is 24.3. The fourth-order valence-electron chi connectivity index (χ4n) is 7.38. The van der Waals surface area contributed by atoms with Crippen molar-refractivity contribution >= 4 is 5.97 Å². The summed E-state index contributed by atoms with van der Waals surface area (Å²) in [6, 6.07) is 0. The largest absolute Gasteiger partial charge is 0.451 e. The predicted octanol–water partition coefficient (Wildman–Crippen LogP) is 4.22. The van der Waals surface area contributed by atoms with Crippen molar-refractivity contribution in [2.75, 3.05) is 0 Å². The molecule has 6 heteroatoms. The number of fused-ring (bicyclic) bond motifs is 3. The Labute approximate surface area is 199 Å². The first-order valence-corrected chi connectivity index (χ1v) is 13.0. The molecule has 11 atom stereocenters. The second kappa shape index (κ2) is 8.92. The molecule has 0 amide bonds. The first-order chi connectivity index (χ1) is 15.4. The van der Waals surface area contributed by atoms with Crippen LogP contribution in [0.5, 0.6) is 0 Å². The molecule has 33 heavy (non-hydrogen) atoms. The van der Waals surface area contributed by atoms with Gasteiger partial charge in [-0.25, -0.2) is 4.79 Å². The maximum Gasteiger partial charge on any atom is 0.331 e. The quantitative estimate of drug-likeness (QED) is 0.468. The highest BCUT2D eigenvalue weighted by Gasteiger charge is 2.67. The van der Waals surface area contributed by atoms with Crippen molar-refractivity contribution in [1.29, 1.82) is 0 Å². The summed E-state index contributed by atoms with van der Waals surface area (Å²) in [6.45, 7) is 14.9. The zero-order valence-electron chi connectivity index (χ0n) is 21.4. The van der Waals surface area contributed by atoms with Gasteiger partial charge in [-0.3, -0.25) is 0 Å². The summed E-state index contributed by atoms with van der Waals surface area (Å²) in [5.74, 6) is 2.61. The van der Waals surface area contributed by atoms with E-state index in [1.807, 2.05) is 13.8 Å². The van der Waals surface area contributed by atoms with Gasteiger partial charge in [-0.05, 0) is 81.5 Å². The highest BCUT2D eigenvalue weighted by molar-refractivity contribution is 5.82. The summed E-state index contributed by atoms with van der Waals surface area (Å²) in [5, 5.41) is 21.3. The molecule has 1 heterocycles. The van der Waals surface area contributed by atoms with Crippen LogP contribution >= 0.6 is 0 Å². The van der Waals surface area contributed by atoms with E-state index >= 15 is 0 Å². The van der Waals surface area contributed by atoms with Gasteiger partial charge >= 0.3 is 5.97 Å². The summed E-state index contributed by atoms with van der Waals surface area (Å²) in [4.78, 5) is 12.5. The lowest BCUT2D eigenvalue weighted by molar-refractivity contribution is -0.328. The van der Waals surface area contributed by atoms with Crippen LogP contribution in [0.3, 0.4) is 0 Å². The van der Waals surface area contributed by atoms with Crippen molar-refractivity contribution in [2.45, 2.75) is 117 Å². The molecule has 3 saturated carbocycles. The molecule has 4 aliphatic rings. The first kappa shape index (κ1) is 25.2. The third kappa shape index (κ3) is 4.41. The summed E-state index contributed by atoms with van der Waals surface area (Å²) >= 11 is 0. The van der Waals surface area contributed by atoms with Gasteiger partial charge in [-0.2, -0.15) is 0 Å². The Morgan fingerprint density at radius 2 is 1.79 bits per heavy atom. The number of hydrogen-bond acceptors (Lipinski definition) is 6. The Hall–Kier alpha value is -0.950. The maximum absolute atomic E-state index is 12.5. The molecular formula is C27H44O6. The Kier molecular flexibility index (Phi) is 6.80. The molecule has 0 aromatic rings. The molecule has 188 valence electrons. The topological polar surface area (TPSA) is 85.2 Å². The molecule has 0 spiro atoms. The SMILES string of the molecule is CC/C(C)=C/C(=O)O[C@H]1[C@H](O[C@@]2(C)CC[C@@H]3[C@H]([C@@H]4[C@H](C)CC[C@@H]42)C3(C)C)O[C@H](C)[C@H](O)[C@@H]1O. The fraction of sp³-hybridized carbons (Fsp3) is 0.889. The van der Waals surface area contributed by atoms with Gasteiger partial charge in [0.2, 0.25) is 0 Å². The monoisotopic (exact) mass is 464 g/mol. The smallest absolute Gasteiger partial charge is 0.331 e. The normalized spacial score (nSPS) is 49.1. The van der Waals surface area contributed by atoms with Crippen LogP contribution in [-0.4, -0.2) is 52.5 Å². The number of allylic oxidation sites excluding steroid dienone is 1. The minimum atomic E-state index is -1.27. The minimum Gasteiger partial charge on any atom is -0.451 e. The van der Waals surface area contributed by atoms with E-state index in [4.69, 9.17) is 14.2 Å². The molecule has 1 aliphatic heterocycles. The summed E-state index contributed by atoms with van der Waals surface area (Å²) < 4.78 is 18.4. The van der Waals surface area contributed by atoms with Crippen LogP contribution in [0.15, 0.2) is 11.6 Å². The molecule has 3 aliphatic carbocycles. The van der Waals surface area contributed by atoms with Crippen molar-refractivity contribution < 1.29 is 29.2 Å².